The van der Waals surface area contributed by atoms with Crippen molar-refractivity contribution in [3.8, 4) is 0 Å². The summed E-state index contributed by atoms with van der Waals surface area (Å²) in [7, 11) is -7.36. The molecule has 3 atom stereocenters. The average molecular weight is 386 g/mol. The van der Waals surface area contributed by atoms with E-state index in [0.717, 1.165) is 18.4 Å². The Morgan fingerprint density at radius 2 is 1.88 bits per heavy atom. The van der Waals surface area contributed by atoms with Crippen LogP contribution in [0.3, 0.4) is 0 Å². The molecule has 138 valence electrons. The first kappa shape index (κ1) is 18.3. The topological polar surface area (TPSA) is 116 Å². The van der Waals surface area contributed by atoms with Crippen LogP contribution in [0.2, 0.25) is 0 Å². The van der Waals surface area contributed by atoms with Gasteiger partial charge in [-0.2, -0.15) is 0 Å². The van der Waals surface area contributed by atoms with Gasteiger partial charge in [0.2, 0.25) is 15.9 Å². The van der Waals surface area contributed by atoms with E-state index in [1.807, 2.05) is 6.07 Å². The third kappa shape index (κ3) is 4.59. The summed E-state index contributed by atoms with van der Waals surface area (Å²) in [6.07, 6.45) is 2.70. The maximum Gasteiger partial charge on any atom is 0.262 e. The number of sulfonamides is 2. The molecular weight excluding hydrogens is 364 g/mol. The Labute approximate surface area is 148 Å². The van der Waals surface area contributed by atoms with Crippen LogP contribution in [0.15, 0.2) is 34.7 Å². The lowest BCUT2D eigenvalue weighted by atomic mass is 9.96. The second kappa shape index (κ2) is 7.05. The number of nitrogens with zero attached hydrogens (tertiary/aromatic N) is 1. The van der Waals surface area contributed by atoms with E-state index in [-0.39, 0.29) is 18.1 Å². The maximum absolute atomic E-state index is 12.4. The standard InChI is InChI=1S/C16H22N2O5S2/c17-24(19,20)11-13(12-6-2-1-3-7-12)10-16-18-25(21,22)15-9-5-4-8-14(15)23-16/h1-3,6-7,13-15H,4-5,8-11H2,(H2,17,19,20)/t13?,14-,15+/m0/s1. The second-order valence-corrected chi connectivity index (χ2v) is 10.1. The molecule has 1 unspecified atom stereocenters. The Morgan fingerprint density at radius 3 is 2.56 bits per heavy atom. The third-order valence-corrected chi connectivity index (χ3v) is 7.30. The highest BCUT2D eigenvalue weighted by molar-refractivity contribution is 7.91. The van der Waals surface area contributed by atoms with Crippen LogP contribution in [0, 0.1) is 0 Å². The molecule has 1 saturated carbocycles. The summed E-state index contributed by atoms with van der Waals surface area (Å²) in [6, 6.07) is 8.99. The van der Waals surface area contributed by atoms with E-state index in [1.54, 1.807) is 24.3 Å². The van der Waals surface area contributed by atoms with Crippen LogP contribution in [0.1, 0.15) is 43.6 Å². The van der Waals surface area contributed by atoms with Crippen LogP contribution in [-0.4, -0.2) is 39.8 Å². The monoisotopic (exact) mass is 386 g/mol. The van der Waals surface area contributed by atoms with Crippen LogP contribution in [0.5, 0.6) is 0 Å². The molecule has 1 aliphatic carbocycles. The van der Waals surface area contributed by atoms with Crippen molar-refractivity contribution < 1.29 is 21.6 Å². The lowest BCUT2D eigenvalue weighted by Crippen LogP contribution is -2.43. The highest BCUT2D eigenvalue weighted by atomic mass is 32.2. The molecule has 0 saturated heterocycles. The van der Waals surface area contributed by atoms with E-state index in [4.69, 9.17) is 9.88 Å². The first-order valence-electron chi connectivity index (χ1n) is 8.29. The molecule has 1 aromatic rings. The smallest absolute Gasteiger partial charge is 0.262 e. The van der Waals surface area contributed by atoms with Gasteiger partial charge in [-0.25, -0.2) is 22.0 Å². The summed E-state index contributed by atoms with van der Waals surface area (Å²) < 4.78 is 57.7. The molecule has 9 heteroatoms. The number of rotatable bonds is 5. The lowest BCUT2D eigenvalue weighted by Gasteiger charge is -2.34. The molecule has 1 aromatic carbocycles. The van der Waals surface area contributed by atoms with E-state index >= 15 is 0 Å². The third-order valence-electron chi connectivity index (χ3n) is 4.67. The molecule has 3 rings (SSSR count). The number of benzene rings is 1. The van der Waals surface area contributed by atoms with Gasteiger partial charge in [0.15, 0.2) is 0 Å². The van der Waals surface area contributed by atoms with Crippen molar-refractivity contribution in [2.75, 3.05) is 5.75 Å². The number of ether oxygens (including phenoxy) is 1. The van der Waals surface area contributed by atoms with E-state index in [0.29, 0.717) is 12.8 Å². The van der Waals surface area contributed by atoms with E-state index in [2.05, 4.69) is 4.40 Å². The van der Waals surface area contributed by atoms with Crippen molar-refractivity contribution in [2.45, 2.75) is 49.4 Å². The number of nitrogens with two attached hydrogens (primary N) is 1. The predicted molar refractivity (Wildman–Crippen MR) is 95.3 cm³/mol. The predicted octanol–water partition coefficient (Wildman–Crippen LogP) is 1.52. The Bertz CT molecular complexity index is 850. The maximum atomic E-state index is 12.4. The highest BCUT2D eigenvalue weighted by Crippen LogP contribution is 2.33. The zero-order valence-corrected chi connectivity index (χ0v) is 15.4. The van der Waals surface area contributed by atoms with Gasteiger partial charge in [-0.05, 0) is 24.8 Å². The largest absolute Gasteiger partial charge is 0.475 e. The minimum atomic E-state index is -3.73. The van der Waals surface area contributed by atoms with Gasteiger partial charge < -0.3 is 4.74 Å². The quantitative estimate of drug-likeness (QED) is 0.823. The van der Waals surface area contributed by atoms with Crippen molar-refractivity contribution in [1.82, 2.24) is 0 Å². The molecule has 1 aliphatic heterocycles. The summed E-state index contributed by atoms with van der Waals surface area (Å²) in [6.45, 7) is 0. The molecule has 0 radical (unpaired) electrons. The highest BCUT2D eigenvalue weighted by Gasteiger charge is 2.41. The van der Waals surface area contributed by atoms with Gasteiger partial charge in [-0.1, -0.05) is 36.8 Å². The fraction of sp³-hybridized carbons (Fsp3) is 0.562. The normalized spacial score (nSPS) is 26.8. The minimum absolute atomic E-state index is 0.0839. The number of hydrogen-bond donors (Lipinski definition) is 1. The van der Waals surface area contributed by atoms with E-state index < -0.39 is 37.3 Å². The summed E-state index contributed by atoms with van der Waals surface area (Å²) in [4.78, 5) is 0. The van der Waals surface area contributed by atoms with E-state index in [1.165, 1.54) is 0 Å². The van der Waals surface area contributed by atoms with Gasteiger partial charge in [0.25, 0.3) is 10.0 Å². The Balaban J connectivity index is 1.87. The van der Waals surface area contributed by atoms with Crippen molar-refractivity contribution in [1.29, 1.82) is 0 Å². The second-order valence-electron chi connectivity index (χ2n) is 6.62. The molecule has 7 nitrogen and oxygen atoms in total. The zero-order valence-electron chi connectivity index (χ0n) is 13.7. The SMILES string of the molecule is NS(=O)(=O)CC(CC1=NS(=O)(=O)[C@@H]2CCCC[C@@H]2O1)c1ccccc1. The zero-order chi connectivity index (χ0) is 18.1. The summed E-state index contributed by atoms with van der Waals surface area (Å²) in [5, 5.41) is 4.63. The van der Waals surface area contributed by atoms with Gasteiger partial charge in [0.1, 0.15) is 11.4 Å². The van der Waals surface area contributed by atoms with Gasteiger partial charge in [-0.15, -0.1) is 4.40 Å². The van der Waals surface area contributed by atoms with Gasteiger partial charge in [-0.3, -0.25) is 0 Å². The van der Waals surface area contributed by atoms with Crippen LogP contribution in [-0.2, 0) is 24.8 Å². The first-order valence-corrected chi connectivity index (χ1v) is 11.5. The van der Waals surface area contributed by atoms with Crippen molar-refractivity contribution >= 4 is 25.9 Å². The number of fused-ring (bicyclic) bond motifs is 1. The van der Waals surface area contributed by atoms with Crippen LogP contribution < -0.4 is 5.14 Å². The van der Waals surface area contributed by atoms with Crippen LogP contribution >= 0.6 is 0 Å². The Morgan fingerprint density at radius 1 is 1.20 bits per heavy atom. The molecule has 25 heavy (non-hydrogen) atoms. The summed E-state index contributed by atoms with van der Waals surface area (Å²) in [5.74, 6) is -0.723. The van der Waals surface area contributed by atoms with E-state index in [9.17, 15) is 16.8 Å². The fourth-order valence-corrected chi connectivity index (χ4v) is 5.97. The molecule has 0 amide bonds. The molecule has 0 bridgehead atoms. The Kier molecular flexibility index (Phi) is 5.17. The molecule has 2 N–H and O–H groups in total. The number of hydrogen-bond acceptors (Lipinski definition) is 5. The van der Waals surface area contributed by atoms with Gasteiger partial charge in [0, 0.05) is 12.3 Å². The molecule has 0 spiro atoms. The summed E-state index contributed by atoms with van der Waals surface area (Å²) >= 11 is 0. The van der Waals surface area contributed by atoms with Crippen LogP contribution in [0.25, 0.3) is 0 Å². The molecule has 1 fully saturated rings. The van der Waals surface area contributed by atoms with Crippen molar-refractivity contribution in [2.24, 2.45) is 9.54 Å². The number of primary sulfonamides is 1. The fourth-order valence-electron chi connectivity index (χ4n) is 3.52. The van der Waals surface area contributed by atoms with Crippen molar-refractivity contribution in [3.63, 3.8) is 0 Å². The molecule has 0 aromatic heterocycles. The molecule has 2 aliphatic rings. The molecular formula is C16H22N2O5S2. The van der Waals surface area contributed by atoms with Gasteiger partial charge >= 0.3 is 0 Å². The van der Waals surface area contributed by atoms with Gasteiger partial charge in [0.05, 0.1) is 5.75 Å². The average Bonchev–Trinajstić information content (AvgIpc) is 2.53. The van der Waals surface area contributed by atoms with Crippen molar-refractivity contribution in [3.05, 3.63) is 35.9 Å². The minimum Gasteiger partial charge on any atom is -0.475 e. The Hall–Kier alpha value is -1.45. The molecule has 1 heterocycles. The summed E-state index contributed by atoms with van der Waals surface area (Å²) in [5.41, 5.74) is 0.756. The lowest BCUT2D eigenvalue weighted by molar-refractivity contribution is 0.135. The first-order chi connectivity index (χ1) is 11.7. The van der Waals surface area contributed by atoms with Crippen LogP contribution in [0.4, 0.5) is 0 Å².